The second-order valence-electron chi connectivity index (χ2n) is 2.79. The van der Waals surface area contributed by atoms with Gasteiger partial charge in [-0.2, -0.15) is 0 Å². The van der Waals surface area contributed by atoms with E-state index in [2.05, 4.69) is 4.74 Å². The fraction of sp³-hybridized carbons (Fsp3) is 1.00. The standard InChI is InChI=1S/C5H14N2O6S2/c6-14(9,10)3-1-2-13-5(4-8)15(7,11)12/h5,8H,1-4H2,(H2,6,9,10)(H2,7,11,12). The Bertz CT molecular complexity index is 374. The fourth-order valence-corrected chi connectivity index (χ4v) is 1.74. The molecule has 0 heterocycles. The normalized spacial score (nSPS) is 15.1. The highest BCUT2D eigenvalue weighted by Gasteiger charge is 2.20. The van der Waals surface area contributed by atoms with Gasteiger partial charge in [0.1, 0.15) is 0 Å². The second kappa shape index (κ2) is 5.72. The predicted octanol–water partition coefficient (Wildman–Crippen LogP) is -2.71. The van der Waals surface area contributed by atoms with E-state index in [9.17, 15) is 16.8 Å². The first-order valence-electron chi connectivity index (χ1n) is 3.91. The molecule has 0 aromatic rings. The maximum atomic E-state index is 10.7. The minimum Gasteiger partial charge on any atom is -0.392 e. The van der Waals surface area contributed by atoms with Crippen LogP contribution < -0.4 is 10.3 Å². The number of hydrogen-bond acceptors (Lipinski definition) is 6. The lowest BCUT2D eigenvalue weighted by molar-refractivity contribution is 0.0629. The van der Waals surface area contributed by atoms with Gasteiger partial charge in [-0.3, -0.25) is 0 Å². The first-order chi connectivity index (χ1) is 6.67. The highest BCUT2D eigenvalue weighted by Crippen LogP contribution is 1.99. The number of primary sulfonamides is 2. The predicted molar refractivity (Wildman–Crippen MR) is 52.5 cm³/mol. The lowest BCUT2D eigenvalue weighted by atomic mass is 10.5. The summed E-state index contributed by atoms with van der Waals surface area (Å²) in [6.07, 6.45) is 0.0326. The zero-order valence-electron chi connectivity index (χ0n) is 7.87. The van der Waals surface area contributed by atoms with Crippen molar-refractivity contribution in [1.82, 2.24) is 0 Å². The molecule has 0 saturated carbocycles. The molecular formula is C5H14N2O6S2. The number of sulfonamides is 2. The van der Waals surface area contributed by atoms with Crippen LogP contribution in [-0.2, 0) is 24.8 Å². The molecule has 0 amide bonds. The Morgan fingerprint density at radius 2 is 1.73 bits per heavy atom. The average Bonchev–Trinajstić information content (AvgIpc) is 1.99. The summed E-state index contributed by atoms with van der Waals surface area (Å²) >= 11 is 0. The number of ether oxygens (including phenoxy) is 1. The summed E-state index contributed by atoms with van der Waals surface area (Å²) in [6, 6.07) is 0. The van der Waals surface area contributed by atoms with E-state index in [4.69, 9.17) is 15.4 Å². The third-order valence-corrected chi connectivity index (χ3v) is 3.27. The van der Waals surface area contributed by atoms with Crippen molar-refractivity contribution in [2.24, 2.45) is 10.3 Å². The maximum Gasteiger partial charge on any atom is 0.238 e. The van der Waals surface area contributed by atoms with E-state index in [1.807, 2.05) is 0 Å². The molecule has 8 nitrogen and oxygen atoms in total. The van der Waals surface area contributed by atoms with Crippen LogP contribution in [0.3, 0.4) is 0 Å². The van der Waals surface area contributed by atoms with Crippen LogP contribution in [-0.4, -0.2) is 46.3 Å². The molecule has 0 fully saturated rings. The maximum absolute atomic E-state index is 10.7. The highest BCUT2D eigenvalue weighted by atomic mass is 32.2. The number of nitrogens with two attached hydrogens (primary N) is 2. The Kier molecular flexibility index (Phi) is 5.62. The van der Waals surface area contributed by atoms with Crippen LogP contribution in [0.4, 0.5) is 0 Å². The van der Waals surface area contributed by atoms with E-state index in [-0.39, 0.29) is 18.8 Å². The van der Waals surface area contributed by atoms with Crippen LogP contribution in [0.25, 0.3) is 0 Å². The molecule has 15 heavy (non-hydrogen) atoms. The summed E-state index contributed by atoms with van der Waals surface area (Å²) in [5, 5.41) is 18.0. The van der Waals surface area contributed by atoms with Gasteiger partial charge in [0.2, 0.25) is 20.0 Å². The SMILES string of the molecule is NS(=O)(=O)CCCOC(CO)S(N)(=O)=O. The summed E-state index contributed by atoms with van der Waals surface area (Å²) in [7, 11) is -7.57. The van der Waals surface area contributed by atoms with Crippen molar-refractivity contribution < 1.29 is 26.7 Å². The Labute approximate surface area is 88.3 Å². The molecule has 0 aliphatic carbocycles. The van der Waals surface area contributed by atoms with Gasteiger partial charge < -0.3 is 9.84 Å². The summed E-state index contributed by atoms with van der Waals surface area (Å²) in [5.41, 5.74) is -1.53. The number of rotatable bonds is 7. The van der Waals surface area contributed by atoms with Gasteiger partial charge >= 0.3 is 0 Å². The number of aliphatic hydroxyl groups excluding tert-OH is 1. The topological polar surface area (TPSA) is 150 Å². The quantitative estimate of drug-likeness (QED) is 0.424. The van der Waals surface area contributed by atoms with Crippen LogP contribution in [0.2, 0.25) is 0 Å². The van der Waals surface area contributed by atoms with Crippen LogP contribution >= 0.6 is 0 Å². The van der Waals surface area contributed by atoms with E-state index in [1.54, 1.807) is 0 Å². The average molecular weight is 262 g/mol. The van der Waals surface area contributed by atoms with E-state index < -0.39 is 32.1 Å². The van der Waals surface area contributed by atoms with Gasteiger partial charge in [0.05, 0.1) is 12.4 Å². The number of aliphatic hydroxyl groups is 1. The van der Waals surface area contributed by atoms with Gasteiger partial charge in [-0.15, -0.1) is 0 Å². The van der Waals surface area contributed by atoms with Gasteiger partial charge in [0.15, 0.2) is 5.44 Å². The van der Waals surface area contributed by atoms with Crippen LogP contribution in [0, 0.1) is 0 Å². The molecule has 0 aromatic heterocycles. The lowest BCUT2D eigenvalue weighted by Crippen LogP contribution is -2.34. The summed E-state index contributed by atoms with van der Waals surface area (Å²) in [5.74, 6) is -0.324. The number of hydrogen-bond donors (Lipinski definition) is 3. The molecule has 0 aliphatic heterocycles. The Morgan fingerprint density at radius 1 is 1.20 bits per heavy atom. The Balaban J connectivity index is 3.95. The van der Waals surface area contributed by atoms with Crippen LogP contribution in [0.5, 0.6) is 0 Å². The van der Waals surface area contributed by atoms with Crippen molar-refractivity contribution in [1.29, 1.82) is 0 Å². The lowest BCUT2D eigenvalue weighted by Gasteiger charge is -2.12. The van der Waals surface area contributed by atoms with Gasteiger partial charge in [-0.05, 0) is 6.42 Å². The minimum absolute atomic E-state index is 0.0326. The fourth-order valence-electron chi connectivity index (χ4n) is 0.726. The summed E-state index contributed by atoms with van der Waals surface area (Å²) in [4.78, 5) is 0. The molecule has 0 radical (unpaired) electrons. The molecule has 0 rings (SSSR count). The first kappa shape index (κ1) is 14.7. The van der Waals surface area contributed by atoms with Crippen molar-refractivity contribution in [2.45, 2.75) is 11.9 Å². The summed E-state index contributed by atoms with van der Waals surface area (Å²) < 4.78 is 47.0. The smallest absolute Gasteiger partial charge is 0.238 e. The highest BCUT2D eigenvalue weighted by molar-refractivity contribution is 7.89. The monoisotopic (exact) mass is 262 g/mol. The summed E-state index contributed by atoms with van der Waals surface area (Å²) in [6.45, 7) is -0.952. The van der Waals surface area contributed by atoms with Crippen molar-refractivity contribution in [2.75, 3.05) is 19.0 Å². The van der Waals surface area contributed by atoms with Crippen molar-refractivity contribution >= 4 is 20.0 Å². The molecular weight excluding hydrogens is 248 g/mol. The van der Waals surface area contributed by atoms with Crippen molar-refractivity contribution in [3.63, 3.8) is 0 Å². The third-order valence-electron chi connectivity index (χ3n) is 1.39. The molecule has 10 heteroatoms. The molecule has 0 bridgehead atoms. The van der Waals surface area contributed by atoms with E-state index in [0.717, 1.165) is 0 Å². The molecule has 1 unspecified atom stereocenters. The first-order valence-corrected chi connectivity index (χ1v) is 7.24. The van der Waals surface area contributed by atoms with Crippen molar-refractivity contribution in [3.8, 4) is 0 Å². The molecule has 0 aromatic carbocycles. The van der Waals surface area contributed by atoms with E-state index in [0.29, 0.717) is 0 Å². The minimum atomic E-state index is -3.98. The molecule has 5 N–H and O–H groups in total. The zero-order chi connectivity index (χ0) is 12.1. The zero-order valence-corrected chi connectivity index (χ0v) is 9.50. The Morgan fingerprint density at radius 3 is 2.07 bits per heavy atom. The largest absolute Gasteiger partial charge is 0.392 e. The van der Waals surface area contributed by atoms with Gasteiger partial charge in [-0.1, -0.05) is 0 Å². The molecule has 0 saturated heterocycles. The van der Waals surface area contributed by atoms with Crippen LogP contribution in [0.15, 0.2) is 0 Å². The third kappa shape index (κ3) is 7.64. The van der Waals surface area contributed by atoms with Gasteiger partial charge in [0.25, 0.3) is 0 Å². The van der Waals surface area contributed by atoms with E-state index in [1.165, 1.54) is 0 Å². The Hall–Kier alpha value is -0.260. The molecule has 0 aliphatic rings. The molecule has 1 atom stereocenters. The van der Waals surface area contributed by atoms with Gasteiger partial charge in [-0.25, -0.2) is 27.1 Å². The van der Waals surface area contributed by atoms with Gasteiger partial charge in [0, 0.05) is 6.61 Å². The van der Waals surface area contributed by atoms with Crippen molar-refractivity contribution in [3.05, 3.63) is 0 Å². The molecule has 92 valence electrons. The molecule has 0 spiro atoms. The second-order valence-corrected chi connectivity index (χ2v) is 6.23. The van der Waals surface area contributed by atoms with E-state index >= 15 is 0 Å². The van der Waals surface area contributed by atoms with Crippen LogP contribution in [0.1, 0.15) is 6.42 Å².